The van der Waals surface area contributed by atoms with Crippen LogP contribution < -0.4 is 9.64 Å². The molecule has 0 aliphatic carbocycles. The van der Waals surface area contributed by atoms with Crippen LogP contribution in [-0.2, 0) is 17.6 Å². The number of pyridine rings is 2. The molecule has 0 atom stereocenters. The van der Waals surface area contributed by atoms with Gasteiger partial charge < -0.3 is 18.8 Å². The van der Waals surface area contributed by atoms with Crippen molar-refractivity contribution in [3.05, 3.63) is 77.8 Å². The summed E-state index contributed by atoms with van der Waals surface area (Å²) in [6.07, 6.45) is 8.22. The Bertz CT molecular complexity index is 1230. The third kappa shape index (κ3) is 5.23. The van der Waals surface area contributed by atoms with Crippen molar-refractivity contribution >= 4 is 11.5 Å². The lowest BCUT2D eigenvalue weighted by atomic mass is 10.1. The average molecular weight is 452 g/mol. The number of hydrogen-bond acceptors (Lipinski definition) is 7. The van der Waals surface area contributed by atoms with E-state index in [0.29, 0.717) is 31.9 Å². The highest BCUT2D eigenvalue weighted by molar-refractivity contribution is 5.45. The van der Waals surface area contributed by atoms with Crippen LogP contribution in [-0.4, -0.2) is 57.3 Å². The monoisotopic (exact) mass is 452 g/mol. The second kappa shape index (κ2) is 9.45. The van der Waals surface area contributed by atoms with Crippen LogP contribution in [0.2, 0.25) is 0 Å². The van der Waals surface area contributed by atoms with Gasteiger partial charge in [-0.3, -0.25) is 0 Å². The Kier molecular flexibility index (Phi) is 6.07. The van der Waals surface area contributed by atoms with E-state index in [1.165, 1.54) is 12.3 Å². The van der Waals surface area contributed by atoms with Crippen LogP contribution in [0.25, 0.3) is 5.65 Å². The molecule has 0 N–H and O–H groups in total. The van der Waals surface area contributed by atoms with Gasteiger partial charge in [-0.1, -0.05) is 6.07 Å². The third-order valence-electron chi connectivity index (χ3n) is 5.36. The predicted molar refractivity (Wildman–Crippen MR) is 117 cm³/mol. The van der Waals surface area contributed by atoms with Gasteiger partial charge in [0.15, 0.2) is 0 Å². The van der Waals surface area contributed by atoms with Crippen LogP contribution in [0, 0.1) is 0 Å². The SMILES string of the molecule is FC(F)Oc1ccc(Cc2nc(Cc3ccn4ccnc4c3)cc(N3CCOCC3)n2)cn1. The first-order chi connectivity index (χ1) is 16.1. The zero-order valence-corrected chi connectivity index (χ0v) is 17.8. The summed E-state index contributed by atoms with van der Waals surface area (Å²) in [6.45, 7) is -0.0730. The summed E-state index contributed by atoms with van der Waals surface area (Å²) in [7, 11) is 0. The van der Waals surface area contributed by atoms with E-state index in [1.807, 2.05) is 28.9 Å². The third-order valence-corrected chi connectivity index (χ3v) is 5.36. The Morgan fingerprint density at radius 2 is 1.85 bits per heavy atom. The van der Waals surface area contributed by atoms with Crippen molar-refractivity contribution in [2.24, 2.45) is 0 Å². The van der Waals surface area contributed by atoms with Crippen LogP contribution in [0.5, 0.6) is 5.88 Å². The van der Waals surface area contributed by atoms with Crippen molar-refractivity contribution in [1.29, 1.82) is 0 Å². The van der Waals surface area contributed by atoms with Gasteiger partial charge in [0.25, 0.3) is 0 Å². The summed E-state index contributed by atoms with van der Waals surface area (Å²) in [5.41, 5.74) is 3.68. The number of fused-ring (bicyclic) bond motifs is 1. The van der Waals surface area contributed by atoms with E-state index >= 15 is 0 Å². The van der Waals surface area contributed by atoms with Crippen LogP contribution in [0.1, 0.15) is 22.6 Å². The molecule has 0 amide bonds. The lowest BCUT2D eigenvalue weighted by Crippen LogP contribution is -2.37. The molecular formula is C23H22F2N6O2. The molecule has 1 saturated heterocycles. The van der Waals surface area contributed by atoms with Crippen LogP contribution in [0.3, 0.4) is 0 Å². The van der Waals surface area contributed by atoms with Crippen molar-refractivity contribution in [3.8, 4) is 5.88 Å². The van der Waals surface area contributed by atoms with E-state index < -0.39 is 6.61 Å². The lowest BCUT2D eigenvalue weighted by Gasteiger charge is -2.28. The predicted octanol–water partition coefficient (Wildman–Crippen LogP) is 3.14. The van der Waals surface area contributed by atoms with E-state index in [1.54, 1.807) is 12.3 Å². The minimum absolute atomic E-state index is 0.119. The molecule has 0 aromatic carbocycles. The Labute approximate surface area is 188 Å². The van der Waals surface area contributed by atoms with Gasteiger partial charge in [-0.05, 0) is 23.3 Å². The Morgan fingerprint density at radius 3 is 2.64 bits per heavy atom. The lowest BCUT2D eigenvalue weighted by molar-refractivity contribution is -0.0528. The molecule has 1 fully saturated rings. The number of halogens is 2. The van der Waals surface area contributed by atoms with Gasteiger partial charge in [-0.25, -0.2) is 19.9 Å². The van der Waals surface area contributed by atoms with Crippen molar-refractivity contribution in [3.63, 3.8) is 0 Å². The number of hydrogen-bond donors (Lipinski definition) is 0. The summed E-state index contributed by atoms with van der Waals surface area (Å²) < 4.78 is 36.5. The molecule has 5 heterocycles. The molecule has 0 unspecified atom stereocenters. The Hall–Kier alpha value is -3.66. The molecule has 1 aliphatic heterocycles. The van der Waals surface area contributed by atoms with Crippen molar-refractivity contribution in [2.45, 2.75) is 19.5 Å². The number of nitrogens with zero attached hydrogens (tertiary/aromatic N) is 6. The zero-order valence-electron chi connectivity index (χ0n) is 17.8. The largest absolute Gasteiger partial charge is 0.417 e. The first kappa shape index (κ1) is 21.2. The van der Waals surface area contributed by atoms with E-state index in [2.05, 4.69) is 25.7 Å². The molecule has 170 valence electrons. The number of aromatic nitrogens is 5. The minimum Gasteiger partial charge on any atom is -0.417 e. The van der Waals surface area contributed by atoms with Crippen LogP contribution in [0.15, 0.2) is 55.1 Å². The number of rotatable bonds is 7. The van der Waals surface area contributed by atoms with Gasteiger partial charge in [0.1, 0.15) is 17.3 Å². The second-order valence-corrected chi connectivity index (χ2v) is 7.70. The van der Waals surface area contributed by atoms with Gasteiger partial charge in [-0.2, -0.15) is 8.78 Å². The smallest absolute Gasteiger partial charge is 0.388 e. The van der Waals surface area contributed by atoms with Gasteiger partial charge in [-0.15, -0.1) is 0 Å². The zero-order chi connectivity index (χ0) is 22.6. The van der Waals surface area contributed by atoms with Gasteiger partial charge in [0, 0.05) is 62.9 Å². The van der Waals surface area contributed by atoms with E-state index in [0.717, 1.165) is 41.4 Å². The molecule has 4 aromatic heterocycles. The first-order valence-corrected chi connectivity index (χ1v) is 10.6. The van der Waals surface area contributed by atoms with E-state index in [9.17, 15) is 8.78 Å². The summed E-state index contributed by atoms with van der Waals surface area (Å²) in [6, 6.07) is 9.23. The highest BCUT2D eigenvalue weighted by atomic mass is 19.3. The molecule has 0 bridgehead atoms. The molecule has 1 aliphatic rings. The molecule has 33 heavy (non-hydrogen) atoms. The fraction of sp³-hybridized carbons (Fsp3) is 0.304. The molecule has 10 heteroatoms. The van der Waals surface area contributed by atoms with Crippen LogP contribution >= 0.6 is 0 Å². The van der Waals surface area contributed by atoms with E-state index in [4.69, 9.17) is 14.7 Å². The maximum atomic E-state index is 12.4. The summed E-state index contributed by atoms with van der Waals surface area (Å²) in [5, 5.41) is 0. The van der Waals surface area contributed by atoms with E-state index in [-0.39, 0.29) is 5.88 Å². The Balaban J connectivity index is 1.41. The standard InChI is InChI=1S/C23H22F2N6O2/c24-23(25)33-22-2-1-17(15-27-22)12-19-28-18(14-21(29-19)31-7-9-32-10-8-31)11-16-3-5-30-6-4-26-20(30)13-16/h1-6,13-15,23H,7-12H2. The second-order valence-electron chi connectivity index (χ2n) is 7.70. The normalized spacial score (nSPS) is 14.2. The minimum atomic E-state index is -2.90. The summed E-state index contributed by atoms with van der Waals surface area (Å²) in [5.74, 6) is 1.37. The van der Waals surface area contributed by atoms with Crippen molar-refractivity contribution < 1.29 is 18.3 Å². The van der Waals surface area contributed by atoms with Crippen molar-refractivity contribution in [1.82, 2.24) is 24.3 Å². The number of morpholine rings is 1. The fourth-order valence-corrected chi connectivity index (χ4v) is 3.79. The number of imidazole rings is 1. The fourth-order valence-electron chi connectivity index (χ4n) is 3.79. The summed E-state index contributed by atoms with van der Waals surface area (Å²) >= 11 is 0. The molecular weight excluding hydrogens is 430 g/mol. The molecule has 8 nitrogen and oxygen atoms in total. The van der Waals surface area contributed by atoms with Gasteiger partial charge in [0.05, 0.1) is 18.9 Å². The van der Waals surface area contributed by atoms with Gasteiger partial charge in [0.2, 0.25) is 5.88 Å². The highest BCUT2D eigenvalue weighted by Gasteiger charge is 2.16. The number of anilines is 1. The molecule has 0 saturated carbocycles. The average Bonchev–Trinajstić information content (AvgIpc) is 3.28. The molecule has 0 radical (unpaired) electrons. The molecule has 5 rings (SSSR count). The quantitative estimate of drug-likeness (QED) is 0.426. The summed E-state index contributed by atoms with van der Waals surface area (Å²) in [4.78, 5) is 20.0. The van der Waals surface area contributed by atoms with Crippen LogP contribution in [0.4, 0.5) is 14.6 Å². The number of ether oxygens (including phenoxy) is 2. The Morgan fingerprint density at radius 1 is 0.970 bits per heavy atom. The first-order valence-electron chi connectivity index (χ1n) is 10.6. The maximum Gasteiger partial charge on any atom is 0.388 e. The van der Waals surface area contributed by atoms with Crippen molar-refractivity contribution in [2.75, 3.05) is 31.2 Å². The van der Waals surface area contributed by atoms with Gasteiger partial charge >= 0.3 is 6.61 Å². The molecule has 4 aromatic rings. The topological polar surface area (TPSA) is 77.7 Å². The molecule has 0 spiro atoms. The number of alkyl halides is 2. The highest BCUT2D eigenvalue weighted by Crippen LogP contribution is 2.20. The maximum absolute atomic E-state index is 12.4.